The van der Waals surface area contributed by atoms with Crippen molar-refractivity contribution in [2.75, 3.05) is 49.5 Å². The quantitative estimate of drug-likeness (QED) is 0.883. The highest BCUT2D eigenvalue weighted by atomic mass is 16.2. The molecular formula is C23H30N4O. The molecule has 1 N–H and O–H groups in total. The first-order valence-electron chi connectivity index (χ1n) is 10.4. The molecule has 2 aromatic rings. The second kappa shape index (κ2) is 8.65. The predicted molar refractivity (Wildman–Crippen MR) is 115 cm³/mol. The van der Waals surface area contributed by atoms with Gasteiger partial charge < -0.3 is 15.1 Å². The number of aryl methyl sites for hydroxylation is 1. The molecule has 2 saturated heterocycles. The van der Waals surface area contributed by atoms with Crippen molar-refractivity contribution in [3.05, 3.63) is 60.2 Å². The van der Waals surface area contributed by atoms with Gasteiger partial charge in [0.15, 0.2) is 0 Å². The van der Waals surface area contributed by atoms with Crippen molar-refractivity contribution in [1.29, 1.82) is 0 Å². The molecule has 2 aliphatic heterocycles. The van der Waals surface area contributed by atoms with Crippen LogP contribution < -0.4 is 10.2 Å². The van der Waals surface area contributed by atoms with Crippen molar-refractivity contribution in [1.82, 2.24) is 9.80 Å². The van der Waals surface area contributed by atoms with Gasteiger partial charge in [-0.15, -0.1) is 0 Å². The van der Waals surface area contributed by atoms with E-state index in [0.29, 0.717) is 6.04 Å². The Hall–Kier alpha value is -2.53. The third-order valence-electron chi connectivity index (χ3n) is 5.91. The van der Waals surface area contributed by atoms with E-state index in [0.717, 1.165) is 56.9 Å². The maximum absolute atomic E-state index is 12.7. The van der Waals surface area contributed by atoms with Crippen molar-refractivity contribution in [3.63, 3.8) is 0 Å². The van der Waals surface area contributed by atoms with E-state index < -0.39 is 0 Å². The van der Waals surface area contributed by atoms with Crippen molar-refractivity contribution in [3.8, 4) is 0 Å². The van der Waals surface area contributed by atoms with Crippen molar-refractivity contribution < 1.29 is 4.79 Å². The molecule has 5 heteroatoms. The summed E-state index contributed by atoms with van der Waals surface area (Å²) in [4.78, 5) is 19.8. The highest BCUT2D eigenvalue weighted by Gasteiger charge is 2.30. The summed E-state index contributed by atoms with van der Waals surface area (Å²) in [5, 5.41) is 3.06. The number of hydrogen-bond donors (Lipinski definition) is 1. The summed E-state index contributed by atoms with van der Waals surface area (Å²) in [5.41, 5.74) is 3.35. The minimum atomic E-state index is 0.0261. The average molecular weight is 379 g/mol. The lowest BCUT2D eigenvalue weighted by atomic mass is 10.0. The first-order chi connectivity index (χ1) is 13.7. The zero-order chi connectivity index (χ0) is 19.3. The van der Waals surface area contributed by atoms with Crippen LogP contribution in [0.4, 0.5) is 16.2 Å². The van der Waals surface area contributed by atoms with Crippen LogP contribution in [0.1, 0.15) is 18.4 Å². The Labute approximate surface area is 167 Å². The summed E-state index contributed by atoms with van der Waals surface area (Å²) in [5.74, 6) is 0. The van der Waals surface area contributed by atoms with Crippen LogP contribution in [-0.2, 0) is 0 Å². The van der Waals surface area contributed by atoms with E-state index in [-0.39, 0.29) is 6.03 Å². The number of hydrogen-bond acceptors (Lipinski definition) is 3. The van der Waals surface area contributed by atoms with Gasteiger partial charge >= 0.3 is 6.03 Å². The van der Waals surface area contributed by atoms with Gasteiger partial charge in [-0.2, -0.15) is 0 Å². The Bertz CT molecular complexity index is 786. The van der Waals surface area contributed by atoms with Gasteiger partial charge in [0.25, 0.3) is 0 Å². The van der Waals surface area contributed by atoms with E-state index >= 15 is 0 Å². The van der Waals surface area contributed by atoms with Gasteiger partial charge in [0.2, 0.25) is 0 Å². The van der Waals surface area contributed by atoms with Crippen LogP contribution in [-0.4, -0.2) is 61.1 Å². The van der Waals surface area contributed by atoms with Crippen LogP contribution >= 0.6 is 0 Å². The van der Waals surface area contributed by atoms with E-state index in [4.69, 9.17) is 0 Å². The number of carbonyl (C=O) groups excluding carboxylic acids is 1. The van der Waals surface area contributed by atoms with Crippen molar-refractivity contribution in [2.45, 2.75) is 25.8 Å². The Morgan fingerprint density at radius 2 is 1.75 bits per heavy atom. The van der Waals surface area contributed by atoms with Gasteiger partial charge in [-0.25, -0.2) is 4.79 Å². The number of benzene rings is 2. The number of likely N-dealkylation sites (tertiary alicyclic amines) is 1. The maximum Gasteiger partial charge on any atom is 0.321 e. The summed E-state index contributed by atoms with van der Waals surface area (Å²) < 4.78 is 0. The molecule has 28 heavy (non-hydrogen) atoms. The van der Waals surface area contributed by atoms with Crippen molar-refractivity contribution >= 4 is 17.4 Å². The minimum Gasteiger partial charge on any atom is -0.369 e. The summed E-state index contributed by atoms with van der Waals surface area (Å²) in [7, 11) is 0. The van der Waals surface area contributed by atoms with Gasteiger partial charge in [0, 0.05) is 56.7 Å². The molecule has 148 valence electrons. The first-order valence-corrected chi connectivity index (χ1v) is 10.4. The Balaban J connectivity index is 1.31. The molecule has 4 rings (SSSR count). The highest BCUT2D eigenvalue weighted by Crippen LogP contribution is 2.21. The zero-order valence-corrected chi connectivity index (χ0v) is 16.7. The van der Waals surface area contributed by atoms with E-state index in [1.54, 1.807) is 0 Å². The number of amides is 2. The highest BCUT2D eigenvalue weighted by molar-refractivity contribution is 5.89. The minimum absolute atomic E-state index is 0.0261. The fraction of sp³-hybridized carbons (Fsp3) is 0.435. The van der Waals surface area contributed by atoms with E-state index in [9.17, 15) is 4.79 Å². The monoisotopic (exact) mass is 378 g/mol. The number of urea groups is 1. The largest absolute Gasteiger partial charge is 0.369 e. The lowest BCUT2D eigenvalue weighted by molar-refractivity contribution is 0.108. The molecule has 0 aliphatic carbocycles. The predicted octanol–water partition coefficient (Wildman–Crippen LogP) is 3.81. The number of piperazine rings is 1. The standard InChI is InChI=1S/C23H30N4O/c1-19-7-5-8-20(17-19)24-23(28)27-12-6-11-22(18-27)26-15-13-25(14-16-26)21-9-3-2-4-10-21/h2-5,7-10,17,22H,6,11-16,18H2,1H3,(H,24,28). The number of anilines is 2. The molecule has 0 bridgehead atoms. The first kappa shape index (κ1) is 18.8. The number of rotatable bonds is 3. The molecule has 0 saturated carbocycles. The zero-order valence-electron chi connectivity index (χ0n) is 16.7. The molecule has 0 spiro atoms. The van der Waals surface area contributed by atoms with Crippen LogP contribution in [0.3, 0.4) is 0 Å². The Kier molecular flexibility index (Phi) is 5.81. The maximum atomic E-state index is 12.7. The van der Waals surface area contributed by atoms with Crippen molar-refractivity contribution in [2.24, 2.45) is 0 Å². The molecule has 2 fully saturated rings. The summed E-state index contributed by atoms with van der Waals surface area (Å²) in [6.45, 7) is 7.94. The summed E-state index contributed by atoms with van der Waals surface area (Å²) in [6, 6.07) is 19.1. The molecular weight excluding hydrogens is 348 g/mol. The normalized spacial score (nSPS) is 20.8. The molecule has 2 aromatic carbocycles. The molecule has 2 heterocycles. The molecule has 5 nitrogen and oxygen atoms in total. The SMILES string of the molecule is Cc1cccc(NC(=O)N2CCCC(N3CCN(c4ccccc4)CC3)C2)c1. The molecule has 0 aromatic heterocycles. The topological polar surface area (TPSA) is 38.8 Å². The molecule has 1 atom stereocenters. The third-order valence-corrected chi connectivity index (χ3v) is 5.91. The van der Waals surface area contributed by atoms with E-state index in [1.807, 2.05) is 36.1 Å². The second-order valence-corrected chi connectivity index (χ2v) is 7.90. The van der Waals surface area contributed by atoms with E-state index in [1.165, 1.54) is 12.1 Å². The van der Waals surface area contributed by atoms with Gasteiger partial charge in [0.05, 0.1) is 0 Å². The van der Waals surface area contributed by atoms with Crippen LogP contribution in [0, 0.1) is 6.92 Å². The van der Waals surface area contributed by atoms with Gasteiger partial charge in [-0.3, -0.25) is 4.90 Å². The van der Waals surface area contributed by atoms with Crippen LogP contribution in [0.5, 0.6) is 0 Å². The third kappa shape index (κ3) is 4.47. The number of nitrogens with zero attached hydrogens (tertiary/aromatic N) is 3. The van der Waals surface area contributed by atoms with Gasteiger partial charge in [-0.05, 0) is 49.6 Å². The molecule has 0 radical (unpaired) electrons. The smallest absolute Gasteiger partial charge is 0.321 e. The number of carbonyl (C=O) groups is 1. The van der Waals surface area contributed by atoms with Crippen LogP contribution in [0.25, 0.3) is 0 Å². The fourth-order valence-electron chi connectivity index (χ4n) is 4.35. The lowest BCUT2D eigenvalue weighted by Gasteiger charge is -2.43. The number of para-hydroxylation sites is 1. The lowest BCUT2D eigenvalue weighted by Crippen LogP contribution is -2.56. The Morgan fingerprint density at radius 1 is 0.964 bits per heavy atom. The van der Waals surface area contributed by atoms with Crippen LogP contribution in [0.15, 0.2) is 54.6 Å². The second-order valence-electron chi connectivity index (χ2n) is 7.90. The molecule has 1 unspecified atom stereocenters. The van der Waals surface area contributed by atoms with Gasteiger partial charge in [0.1, 0.15) is 0 Å². The number of nitrogens with one attached hydrogen (secondary N) is 1. The Morgan fingerprint density at radius 3 is 2.50 bits per heavy atom. The molecule has 2 aliphatic rings. The fourth-order valence-corrected chi connectivity index (χ4v) is 4.35. The average Bonchev–Trinajstić information content (AvgIpc) is 2.75. The van der Waals surface area contributed by atoms with E-state index in [2.05, 4.69) is 45.4 Å². The van der Waals surface area contributed by atoms with Gasteiger partial charge in [-0.1, -0.05) is 30.3 Å². The summed E-state index contributed by atoms with van der Waals surface area (Å²) in [6.07, 6.45) is 2.25. The molecule has 2 amide bonds. The number of piperidine rings is 1. The van der Waals surface area contributed by atoms with Crippen LogP contribution in [0.2, 0.25) is 0 Å². The summed E-state index contributed by atoms with van der Waals surface area (Å²) >= 11 is 0.